The summed E-state index contributed by atoms with van der Waals surface area (Å²) in [5, 5.41) is 7.57. The summed E-state index contributed by atoms with van der Waals surface area (Å²) in [4.78, 5) is 0. The van der Waals surface area contributed by atoms with Crippen LogP contribution in [0.3, 0.4) is 0 Å². The average molecular weight is 220 g/mol. The number of hydrogen-bond donors (Lipinski definition) is 1. The van der Waals surface area contributed by atoms with Crippen LogP contribution in [0.25, 0.3) is 0 Å². The lowest BCUT2D eigenvalue weighted by Gasteiger charge is -1.52. The largest absolute Gasteiger partial charge is 0.397 e. The molecule has 0 fully saturated rings. The summed E-state index contributed by atoms with van der Waals surface area (Å²) in [6.45, 7) is 1.93. The third-order valence-corrected chi connectivity index (χ3v) is 0. The Kier molecular flexibility index (Phi) is 28.1. The molecule has 0 heterocycles. The lowest BCUT2D eigenvalue weighted by Crippen LogP contribution is -1.57. The van der Waals surface area contributed by atoms with E-state index in [1.165, 1.54) is 0 Å². The Morgan fingerprint density at radius 2 is 1.50 bits per heavy atom. The van der Waals surface area contributed by atoms with Crippen LogP contribution >= 0.6 is 31.9 Å². The lowest BCUT2D eigenvalue weighted by atomic mass is 10.9. The summed E-state index contributed by atoms with van der Waals surface area (Å²) in [5.41, 5.74) is 0. The topological polar surface area (TPSA) is 20.2 Å². The van der Waals surface area contributed by atoms with E-state index in [1.54, 1.807) is 6.92 Å². The molecule has 1 N–H and O–H groups in total. The van der Waals surface area contributed by atoms with Crippen LogP contribution in [0.2, 0.25) is 0 Å². The molecule has 0 saturated heterocycles. The molecule has 0 aliphatic rings. The Labute approximate surface area is 55.0 Å². The first-order valence-electron chi connectivity index (χ1n) is 1.56. The van der Waals surface area contributed by atoms with Crippen LogP contribution in [0.4, 0.5) is 0 Å². The summed E-state index contributed by atoms with van der Waals surface area (Å²) < 4.78 is 0.875. The molecule has 0 aliphatic heterocycles. The highest BCUT2D eigenvalue weighted by Crippen LogP contribution is 1.83. The van der Waals surface area contributed by atoms with Gasteiger partial charge < -0.3 is 5.11 Å². The standard InChI is InChI=1S/C2H6O.CH2Br2/c1-2-3;2-1-3/h3H,2H2,1H3;1H2. The Hall–Kier alpha value is 0.920. The zero-order valence-electron chi connectivity index (χ0n) is 3.62. The van der Waals surface area contributed by atoms with Crippen LogP contribution in [-0.2, 0) is 0 Å². The van der Waals surface area contributed by atoms with Crippen molar-refractivity contribution < 1.29 is 5.11 Å². The van der Waals surface area contributed by atoms with Gasteiger partial charge in [0.05, 0.1) is 4.24 Å². The number of hydrogen-bond acceptors (Lipinski definition) is 1. The molecule has 1 nitrogen and oxygen atoms in total. The molecule has 6 heavy (non-hydrogen) atoms. The zero-order valence-corrected chi connectivity index (χ0v) is 6.79. The maximum atomic E-state index is 7.57. The highest BCUT2D eigenvalue weighted by molar-refractivity contribution is 9.24. The summed E-state index contributed by atoms with van der Waals surface area (Å²) >= 11 is 6.12. The molecule has 0 aliphatic carbocycles. The Morgan fingerprint density at radius 3 is 1.50 bits per heavy atom. The van der Waals surface area contributed by atoms with Gasteiger partial charge in [-0.2, -0.15) is 0 Å². The molecule has 0 radical (unpaired) electrons. The first-order chi connectivity index (χ1) is 2.83. The van der Waals surface area contributed by atoms with Gasteiger partial charge in [-0.25, -0.2) is 0 Å². The van der Waals surface area contributed by atoms with Gasteiger partial charge >= 0.3 is 0 Å². The van der Waals surface area contributed by atoms with Gasteiger partial charge in [-0.05, 0) is 6.92 Å². The lowest BCUT2D eigenvalue weighted by molar-refractivity contribution is 0.318. The van der Waals surface area contributed by atoms with E-state index in [1.807, 2.05) is 0 Å². The molecule has 0 spiro atoms. The van der Waals surface area contributed by atoms with Crippen molar-refractivity contribution in [1.29, 1.82) is 0 Å². The normalized spacial score (nSPS) is 6.00. The van der Waals surface area contributed by atoms with Crippen LogP contribution in [0.15, 0.2) is 0 Å². The quantitative estimate of drug-likeness (QED) is 0.616. The monoisotopic (exact) mass is 218 g/mol. The van der Waals surface area contributed by atoms with Crippen LogP contribution in [0.5, 0.6) is 0 Å². The highest BCUT2D eigenvalue weighted by atomic mass is 79.9. The second kappa shape index (κ2) is 16.8. The average Bonchev–Trinajstić information content (AvgIpc) is 1.39. The van der Waals surface area contributed by atoms with Gasteiger partial charge in [0, 0.05) is 6.61 Å². The van der Waals surface area contributed by atoms with E-state index in [-0.39, 0.29) is 6.61 Å². The Bertz CT molecular complexity index is 10.8. The van der Waals surface area contributed by atoms with E-state index in [2.05, 4.69) is 31.9 Å². The van der Waals surface area contributed by atoms with E-state index in [4.69, 9.17) is 5.11 Å². The number of aliphatic hydroxyl groups excluding tert-OH is 1. The molecule has 0 rings (SSSR count). The van der Waals surface area contributed by atoms with Crippen molar-refractivity contribution in [2.75, 3.05) is 10.8 Å². The fraction of sp³-hybridized carbons (Fsp3) is 1.00. The van der Waals surface area contributed by atoms with E-state index >= 15 is 0 Å². The van der Waals surface area contributed by atoms with Crippen LogP contribution in [0, 0.1) is 0 Å². The van der Waals surface area contributed by atoms with Gasteiger partial charge in [0.2, 0.25) is 0 Å². The second-order valence-electron chi connectivity index (χ2n) is 0.417. The van der Waals surface area contributed by atoms with Gasteiger partial charge in [-0.1, -0.05) is 31.9 Å². The molecular formula is C3H8Br2O. The minimum atomic E-state index is 0.250. The maximum absolute atomic E-state index is 7.57. The van der Waals surface area contributed by atoms with Crippen molar-refractivity contribution in [3.63, 3.8) is 0 Å². The minimum Gasteiger partial charge on any atom is -0.397 e. The van der Waals surface area contributed by atoms with E-state index in [0.29, 0.717) is 0 Å². The van der Waals surface area contributed by atoms with E-state index < -0.39 is 0 Å². The fourth-order valence-electron chi connectivity index (χ4n) is 0. The van der Waals surface area contributed by atoms with Gasteiger partial charge in [-0.3, -0.25) is 0 Å². The first-order valence-corrected chi connectivity index (χ1v) is 3.80. The van der Waals surface area contributed by atoms with Crippen molar-refractivity contribution in [1.82, 2.24) is 0 Å². The summed E-state index contributed by atoms with van der Waals surface area (Å²) in [6, 6.07) is 0. The number of halogens is 2. The van der Waals surface area contributed by atoms with Gasteiger partial charge in [0.15, 0.2) is 0 Å². The fourth-order valence-corrected chi connectivity index (χ4v) is 0. The number of aliphatic hydroxyl groups is 1. The Morgan fingerprint density at radius 1 is 1.50 bits per heavy atom. The molecule has 0 unspecified atom stereocenters. The minimum absolute atomic E-state index is 0.250. The van der Waals surface area contributed by atoms with Gasteiger partial charge in [0.1, 0.15) is 0 Å². The predicted molar refractivity (Wildman–Crippen MR) is 35.5 cm³/mol. The summed E-state index contributed by atoms with van der Waals surface area (Å²) in [6.07, 6.45) is 0. The van der Waals surface area contributed by atoms with E-state index in [9.17, 15) is 0 Å². The molecule has 0 aromatic carbocycles. The predicted octanol–water partition coefficient (Wildman–Crippen LogP) is 1.73. The van der Waals surface area contributed by atoms with Crippen molar-refractivity contribution in [3.8, 4) is 0 Å². The first kappa shape index (κ1) is 10.0. The molecule has 40 valence electrons. The Balaban J connectivity index is 0. The van der Waals surface area contributed by atoms with Crippen LogP contribution in [0.1, 0.15) is 6.92 Å². The van der Waals surface area contributed by atoms with Crippen molar-refractivity contribution in [2.45, 2.75) is 6.92 Å². The molecule has 0 aromatic heterocycles. The molecule has 0 atom stereocenters. The zero-order chi connectivity index (χ0) is 5.41. The summed E-state index contributed by atoms with van der Waals surface area (Å²) in [5.74, 6) is 0. The molecule has 0 amide bonds. The number of alkyl halides is 2. The number of rotatable bonds is 0. The third-order valence-electron chi connectivity index (χ3n) is 0. The molecule has 0 bridgehead atoms. The van der Waals surface area contributed by atoms with Crippen molar-refractivity contribution in [2.24, 2.45) is 0 Å². The van der Waals surface area contributed by atoms with Crippen molar-refractivity contribution >= 4 is 31.9 Å². The molecule has 0 aromatic rings. The summed E-state index contributed by atoms with van der Waals surface area (Å²) in [7, 11) is 0. The van der Waals surface area contributed by atoms with Crippen LogP contribution < -0.4 is 0 Å². The second-order valence-corrected chi connectivity index (χ2v) is 3.04. The highest BCUT2D eigenvalue weighted by Gasteiger charge is 1.41. The van der Waals surface area contributed by atoms with Gasteiger partial charge in [0.25, 0.3) is 0 Å². The SMILES string of the molecule is BrCBr.CCO. The van der Waals surface area contributed by atoms with Crippen molar-refractivity contribution in [3.05, 3.63) is 0 Å². The third kappa shape index (κ3) is 89.3. The maximum Gasteiger partial charge on any atom is 0.0588 e. The molecular weight excluding hydrogens is 212 g/mol. The molecule has 3 heteroatoms. The van der Waals surface area contributed by atoms with E-state index in [0.717, 1.165) is 4.24 Å². The smallest absolute Gasteiger partial charge is 0.0588 e. The van der Waals surface area contributed by atoms with Gasteiger partial charge in [-0.15, -0.1) is 0 Å². The molecule has 0 saturated carbocycles. The van der Waals surface area contributed by atoms with Crippen LogP contribution in [-0.4, -0.2) is 16.0 Å².